The number of amides is 2. The van der Waals surface area contributed by atoms with Crippen molar-refractivity contribution < 1.29 is 19.1 Å². The second kappa shape index (κ2) is 8.45. The first-order chi connectivity index (χ1) is 10.0. The number of methoxy groups -OCH3 is 2. The zero-order chi connectivity index (χ0) is 15.8. The van der Waals surface area contributed by atoms with E-state index in [0.29, 0.717) is 23.6 Å². The Morgan fingerprint density at radius 1 is 1.29 bits per heavy atom. The third-order valence-corrected chi connectivity index (χ3v) is 3.18. The monoisotopic (exact) mass is 405 g/mol. The van der Waals surface area contributed by atoms with Gasteiger partial charge in [0.05, 0.1) is 24.0 Å². The van der Waals surface area contributed by atoms with E-state index in [1.165, 1.54) is 13.3 Å². The lowest BCUT2D eigenvalue weighted by molar-refractivity contribution is -0.139. The molecule has 0 spiro atoms. The van der Waals surface area contributed by atoms with Crippen LogP contribution in [0.1, 0.15) is 12.5 Å². The van der Waals surface area contributed by atoms with Crippen molar-refractivity contribution in [2.75, 3.05) is 20.8 Å². The Labute approximate surface area is 136 Å². The highest BCUT2D eigenvalue weighted by molar-refractivity contribution is 14.1. The number of likely N-dealkylation sites (N-methyl/N-ethyl adjacent to an activating group) is 1. The van der Waals surface area contributed by atoms with Crippen LogP contribution in [0.2, 0.25) is 0 Å². The summed E-state index contributed by atoms with van der Waals surface area (Å²) in [7, 11) is 3.09. The minimum absolute atomic E-state index is 0.379. The van der Waals surface area contributed by atoms with Crippen LogP contribution in [0.25, 0.3) is 0 Å². The number of benzene rings is 1. The number of hydrogen-bond acceptors (Lipinski definition) is 5. The van der Waals surface area contributed by atoms with Crippen molar-refractivity contribution in [1.29, 1.82) is 0 Å². The number of nitrogens with one attached hydrogen (secondary N) is 2. The standard InChI is InChI=1S/C13H16IN3O4/c1-4-15-12(18)13(19)17-16-7-8-5-9(14)11(21-3)10(6-8)20-2/h5-7H,4H2,1-3H3,(H,15,18)(H,17,19)/b16-7-. The van der Waals surface area contributed by atoms with E-state index in [1.807, 2.05) is 6.07 Å². The number of nitrogens with zero attached hydrogens (tertiary/aromatic N) is 1. The molecule has 0 heterocycles. The van der Waals surface area contributed by atoms with E-state index in [2.05, 4.69) is 38.4 Å². The largest absolute Gasteiger partial charge is 0.493 e. The van der Waals surface area contributed by atoms with Crippen molar-refractivity contribution in [2.45, 2.75) is 6.92 Å². The maximum atomic E-state index is 11.3. The van der Waals surface area contributed by atoms with Gasteiger partial charge in [-0.25, -0.2) is 5.43 Å². The quantitative estimate of drug-likeness (QED) is 0.330. The molecule has 21 heavy (non-hydrogen) atoms. The lowest BCUT2D eigenvalue weighted by atomic mass is 10.2. The lowest BCUT2D eigenvalue weighted by Crippen LogP contribution is -2.37. The topological polar surface area (TPSA) is 89.0 Å². The maximum absolute atomic E-state index is 11.3. The van der Waals surface area contributed by atoms with Crippen LogP contribution in [0.5, 0.6) is 11.5 Å². The minimum Gasteiger partial charge on any atom is -0.493 e. The van der Waals surface area contributed by atoms with Gasteiger partial charge in [0.1, 0.15) is 0 Å². The molecule has 114 valence electrons. The van der Waals surface area contributed by atoms with Crippen LogP contribution in [0.4, 0.5) is 0 Å². The average Bonchev–Trinajstić information content (AvgIpc) is 2.46. The van der Waals surface area contributed by atoms with Gasteiger partial charge in [-0.15, -0.1) is 0 Å². The van der Waals surface area contributed by atoms with Crippen molar-refractivity contribution in [3.8, 4) is 11.5 Å². The highest BCUT2D eigenvalue weighted by Crippen LogP contribution is 2.32. The summed E-state index contributed by atoms with van der Waals surface area (Å²) in [5, 5.41) is 6.11. The molecule has 7 nitrogen and oxygen atoms in total. The summed E-state index contributed by atoms with van der Waals surface area (Å²) in [6, 6.07) is 3.52. The zero-order valence-corrected chi connectivity index (χ0v) is 14.1. The molecule has 0 saturated carbocycles. The molecule has 0 saturated heterocycles. The number of carbonyl (C=O) groups is 2. The smallest absolute Gasteiger partial charge is 0.329 e. The molecular formula is C13H16IN3O4. The van der Waals surface area contributed by atoms with Crippen molar-refractivity contribution in [3.05, 3.63) is 21.3 Å². The Bertz CT molecular complexity index is 561. The summed E-state index contributed by atoms with van der Waals surface area (Å²) in [5.74, 6) is -0.359. The second-order valence-electron chi connectivity index (χ2n) is 3.80. The molecule has 2 N–H and O–H groups in total. The van der Waals surface area contributed by atoms with E-state index in [1.54, 1.807) is 20.1 Å². The Hall–Kier alpha value is -1.84. The van der Waals surface area contributed by atoms with Crippen molar-refractivity contribution >= 4 is 40.6 Å². The summed E-state index contributed by atoms with van der Waals surface area (Å²) >= 11 is 2.10. The summed E-state index contributed by atoms with van der Waals surface area (Å²) in [5.41, 5.74) is 2.85. The zero-order valence-electron chi connectivity index (χ0n) is 11.9. The molecule has 1 aromatic carbocycles. The van der Waals surface area contributed by atoms with E-state index >= 15 is 0 Å². The molecule has 0 bridgehead atoms. The van der Waals surface area contributed by atoms with Gasteiger partial charge in [0.25, 0.3) is 0 Å². The molecule has 0 aromatic heterocycles. The number of ether oxygens (including phenoxy) is 2. The van der Waals surface area contributed by atoms with Gasteiger partial charge < -0.3 is 14.8 Å². The Morgan fingerprint density at radius 2 is 2.00 bits per heavy atom. The van der Waals surface area contributed by atoms with Gasteiger partial charge >= 0.3 is 11.8 Å². The van der Waals surface area contributed by atoms with Gasteiger partial charge in [0.2, 0.25) is 0 Å². The molecule has 0 aliphatic heterocycles. The Balaban J connectivity index is 2.79. The summed E-state index contributed by atoms with van der Waals surface area (Å²) in [4.78, 5) is 22.5. The molecule has 2 amide bonds. The van der Waals surface area contributed by atoms with E-state index < -0.39 is 11.8 Å². The predicted octanol–water partition coefficient (Wildman–Crippen LogP) is 0.895. The molecule has 0 atom stereocenters. The van der Waals surface area contributed by atoms with Crippen LogP contribution >= 0.6 is 22.6 Å². The Morgan fingerprint density at radius 3 is 2.57 bits per heavy atom. The van der Waals surface area contributed by atoms with Gasteiger partial charge in [-0.2, -0.15) is 5.10 Å². The summed E-state index contributed by atoms with van der Waals surface area (Å²) in [6.45, 7) is 2.10. The van der Waals surface area contributed by atoms with Crippen LogP contribution < -0.4 is 20.2 Å². The second-order valence-corrected chi connectivity index (χ2v) is 4.96. The molecule has 0 aliphatic rings. The van der Waals surface area contributed by atoms with Gasteiger partial charge in [-0.3, -0.25) is 9.59 Å². The van der Waals surface area contributed by atoms with Crippen LogP contribution in [0, 0.1) is 3.57 Å². The first-order valence-electron chi connectivity index (χ1n) is 6.06. The van der Waals surface area contributed by atoms with Crippen LogP contribution in [-0.4, -0.2) is 38.8 Å². The number of rotatable bonds is 5. The number of halogens is 1. The molecule has 0 aliphatic carbocycles. The number of hydrazone groups is 1. The lowest BCUT2D eigenvalue weighted by Gasteiger charge is -2.10. The van der Waals surface area contributed by atoms with Crippen LogP contribution in [-0.2, 0) is 9.59 Å². The summed E-state index contributed by atoms with van der Waals surface area (Å²) in [6.07, 6.45) is 1.42. The van der Waals surface area contributed by atoms with Gasteiger partial charge in [-0.1, -0.05) is 0 Å². The average molecular weight is 405 g/mol. The van der Waals surface area contributed by atoms with Crippen molar-refractivity contribution in [2.24, 2.45) is 5.10 Å². The van der Waals surface area contributed by atoms with Crippen molar-refractivity contribution in [3.63, 3.8) is 0 Å². The molecule has 0 unspecified atom stereocenters. The number of carbonyl (C=O) groups excluding carboxylic acids is 2. The van der Waals surface area contributed by atoms with Gasteiger partial charge in [-0.05, 0) is 47.2 Å². The molecular weight excluding hydrogens is 389 g/mol. The third kappa shape index (κ3) is 4.88. The first kappa shape index (κ1) is 17.2. The van der Waals surface area contributed by atoms with E-state index in [4.69, 9.17) is 9.47 Å². The molecule has 0 fully saturated rings. The highest BCUT2D eigenvalue weighted by atomic mass is 127. The van der Waals surface area contributed by atoms with Gasteiger partial charge in [0.15, 0.2) is 11.5 Å². The van der Waals surface area contributed by atoms with E-state index in [0.717, 1.165) is 3.57 Å². The fraction of sp³-hybridized carbons (Fsp3) is 0.308. The Kier molecular flexibility index (Phi) is 6.92. The minimum atomic E-state index is -0.816. The molecule has 1 aromatic rings. The normalized spacial score (nSPS) is 10.3. The first-order valence-corrected chi connectivity index (χ1v) is 7.14. The highest BCUT2D eigenvalue weighted by Gasteiger charge is 2.11. The van der Waals surface area contributed by atoms with Gasteiger partial charge in [0, 0.05) is 6.54 Å². The fourth-order valence-corrected chi connectivity index (χ4v) is 2.32. The number of hydrogen-bond donors (Lipinski definition) is 2. The molecule has 0 radical (unpaired) electrons. The maximum Gasteiger partial charge on any atom is 0.329 e. The summed E-state index contributed by atoms with van der Waals surface area (Å²) < 4.78 is 11.3. The molecule has 1 rings (SSSR count). The van der Waals surface area contributed by atoms with Crippen LogP contribution in [0.3, 0.4) is 0 Å². The van der Waals surface area contributed by atoms with Crippen molar-refractivity contribution in [1.82, 2.24) is 10.7 Å². The van der Waals surface area contributed by atoms with Crippen LogP contribution in [0.15, 0.2) is 17.2 Å². The SMILES string of the molecule is CCNC(=O)C(=O)N/N=C\c1cc(I)c(OC)c(OC)c1. The van der Waals surface area contributed by atoms with E-state index in [-0.39, 0.29) is 0 Å². The molecule has 8 heteroatoms. The van der Waals surface area contributed by atoms with E-state index in [9.17, 15) is 9.59 Å². The fourth-order valence-electron chi connectivity index (χ4n) is 1.47. The third-order valence-electron chi connectivity index (χ3n) is 2.38. The predicted molar refractivity (Wildman–Crippen MR) is 86.7 cm³/mol.